The second-order valence-corrected chi connectivity index (χ2v) is 8.51. The van der Waals surface area contributed by atoms with Crippen molar-refractivity contribution in [1.29, 1.82) is 0 Å². The molecule has 0 spiro atoms. The van der Waals surface area contributed by atoms with Crippen molar-refractivity contribution in [3.05, 3.63) is 93.5 Å². The van der Waals surface area contributed by atoms with E-state index in [1.807, 2.05) is 0 Å². The first kappa shape index (κ1) is 22.7. The molecule has 0 aliphatic heterocycles. The molecule has 10 heteroatoms. The van der Waals surface area contributed by atoms with Crippen LogP contribution in [0.4, 0.5) is 10.1 Å². The monoisotopic (exact) mass is 491 g/mol. The lowest BCUT2D eigenvalue weighted by Crippen LogP contribution is -2.24. The van der Waals surface area contributed by atoms with Crippen LogP contribution in [0.15, 0.2) is 65.8 Å². The van der Waals surface area contributed by atoms with Crippen LogP contribution in [0.25, 0.3) is 11.3 Å². The summed E-state index contributed by atoms with van der Waals surface area (Å²) >= 11 is 6.14. The highest BCUT2D eigenvalue weighted by molar-refractivity contribution is 6.34. The lowest BCUT2D eigenvalue weighted by atomic mass is 10.1. The van der Waals surface area contributed by atoms with Crippen LogP contribution in [0.3, 0.4) is 0 Å². The van der Waals surface area contributed by atoms with Crippen LogP contribution in [0, 0.1) is 5.82 Å². The smallest absolute Gasteiger partial charge is 0.218 e. The van der Waals surface area contributed by atoms with E-state index in [1.54, 1.807) is 22.9 Å². The molecule has 4 aromatic rings. The summed E-state index contributed by atoms with van der Waals surface area (Å²) in [6.45, 7) is 0. The van der Waals surface area contributed by atoms with Gasteiger partial charge in [-0.05, 0) is 49.2 Å². The fourth-order valence-electron chi connectivity index (χ4n) is 3.49. The first-order valence-corrected chi connectivity index (χ1v) is 11.2. The number of halogens is 2. The van der Waals surface area contributed by atoms with Gasteiger partial charge in [-0.2, -0.15) is 5.10 Å². The molecular formula is C25H19ClFN5O3. The summed E-state index contributed by atoms with van der Waals surface area (Å²) in [5.74, 6) is 0.0180. The maximum Gasteiger partial charge on any atom is 0.218 e. The number of anilines is 1. The molecule has 2 aromatic carbocycles. The van der Waals surface area contributed by atoms with Gasteiger partial charge in [0, 0.05) is 11.8 Å². The summed E-state index contributed by atoms with van der Waals surface area (Å²) in [7, 11) is 0. The standard InChI is InChI=1S/C25H19ClFN5O3/c26-23-19(28)2-1-3-21(23)35-17-11-29-22(30-12-17)10-20(33)18-13-32(16-8-9-16)31-24(25(18)34)14-4-6-15(27)7-5-14/h1-7,11-13,16H,8-10,28H2. The van der Waals surface area contributed by atoms with Gasteiger partial charge in [0.1, 0.15) is 28.1 Å². The first-order valence-electron chi connectivity index (χ1n) is 10.8. The fraction of sp³-hybridized carbons (Fsp3) is 0.160. The summed E-state index contributed by atoms with van der Waals surface area (Å²) in [6.07, 6.45) is 5.94. The van der Waals surface area contributed by atoms with Crippen molar-refractivity contribution in [3.8, 4) is 22.8 Å². The molecule has 0 unspecified atom stereocenters. The Bertz CT molecular complexity index is 1470. The molecule has 1 aliphatic carbocycles. The van der Waals surface area contributed by atoms with Crippen LogP contribution in [0.2, 0.25) is 5.02 Å². The largest absolute Gasteiger partial charge is 0.452 e. The molecule has 176 valence electrons. The number of benzene rings is 2. The number of nitrogens with two attached hydrogens (primary N) is 1. The van der Waals surface area contributed by atoms with E-state index in [0.717, 1.165) is 12.8 Å². The van der Waals surface area contributed by atoms with E-state index < -0.39 is 17.0 Å². The average molecular weight is 492 g/mol. The molecule has 0 bridgehead atoms. The van der Waals surface area contributed by atoms with Gasteiger partial charge >= 0.3 is 0 Å². The van der Waals surface area contributed by atoms with Crippen molar-refractivity contribution in [2.75, 3.05) is 5.73 Å². The van der Waals surface area contributed by atoms with Gasteiger partial charge in [-0.3, -0.25) is 14.3 Å². The van der Waals surface area contributed by atoms with Gasteiger partial charge < -0.3 is 10.5 Å². The Morgan fingerprint density at radius 1 is 1.14 bits per heavy atom. The highest BCUT2D eigenvalue weighted by Gasteiger charge is 2.27. The summed E-state index contributed by atoms with van der Waals surface area (Å²) < 4.78 is 20.7. The highest BCUT2D eigenvalue weighted by atomic mass is 35.5. The minimum Gasteiger partial charge on any atom is -0.452 e. The normalized spacial score (nSPS) is 13.0. The van der Waals surface area contributed by atoms with Crippen molar-refractivity contribution >= 4 is 23.1 Å². The van der Waals surface area contributed by atoms with Crippen LogP contribution in [0.5, 0.6) is 11.5 Å². The van der Waals surface area contributed by atoms with E-state index in [1.165, 1.54) is 42.9 Å². The van der Waals surface area contributed by atoms with Gasteiger partial charge in [-0.25, -0.2) is 14.4 Å². The van der Waals surface area contributed by atoms with Crippen molar-refractivity contribution < 1.29 is 13.9 Å². The number of aromatic nitrogens is 4. The molecule has 5 rings (SSSR count). The Balaban J connectivity index is 1.39. The zero-order valence-electron chi connectivity index (χ0n) is 18.3. The van der Waals surface area contributed by atoms with Gasteiger partial charge in [-0.1, -0.05) is 17.7 Å². The number of carbonyl (C=O) groups excluding carboxylic acids is 1. The first-order chi connectivity index (χ1) is 16.9. The lowest BCUT2D eigenvalue weighted by molar-refractivity contribution is 0.0988. The van der Waals surface area contributed by atoms with Crippen molar-refractivity contribution in [1.82, 2.24) is 19.7 Å². The van der Waals surface area contributed by atoms with Gasteiger partial charge in [0.05, 0.1) is 36.1 Å². The number of Topliss-reactive ketones (excluding diaryl/α,β-unsaturated/α-hetero) is 1. The number of rotatable bonds is 7. The number of carbonyl (C=O) groups is 1. The predicted molar refractivity (Wildman–Crippen MR) is 128 cm³/mol. The number of hydrogen-bond donors (Lipinski definition) is 1. The minimum absolute atomic E-state index is 0.0123. The van der Waals surface area contributed by atoms with E-state index in [4.69, 9.17) is 22.1 Å². The summed E-state index contributed by atoms with van der Waals surface area (Å²) in [6, 6.07) is 10.6. The highest BCUT2D eigenvalue weighted by Crippen LogP contribution is 2.34. The minimum atomic E-state index is -0.519. The van der Waals surface area contributed by atoms with Crippen LogP contribution in [0.1, 0.15) is 35.1 Å². The van der Waals surface area contributed by atoms with Gasteiger partial charge in [0.25, 0.3) is 0 Å². The number of nitrogens with zero attached hydrogens (tertiary/aromatic N) is 4. The zero-order valence-corrected chi connectivity index (χ0v) is 19.1. The quantitative estimate of drug-likeness (QED) is 0.296. The molecule has 0 atom stereocenters. The van der Waals surface area contributed by atoms with E-state index in [-0.39, 0.29) is 34.6 Å². The fourth-order valence-corrected chi connectivity index (χ4v) is 3.65. The third-order valence-corrected chi connectivity index (χ3v) is 5.90. The number of ether oxygens (including phenoxy) is 1. The second kappa shape index (κ2) is 9.27. The molecule has 2 heterocycles. The molecule has 1 saturated carbocycles. The molecule has 2 N–H and O–H groups in total. The molecule has 1 fully saturated rings. The molecule has 0 radical (unpaired) electrons. The molecule has 1 aliphatic rings. The third kappa shape index (κ3) is 4.90. The number of hydrogen-bond acceptors (Lipinski definition) is 7. The van der Waals surface area contributed by atoms with Gasteiger partial charge in [-0.15, -0.1) is 0 Å². The maximum absolute atomic E-state index is 13.4. The molecule has 35 heavy (non-hydrogen) atoms. The molecule has 8 nitrogen and oxygen atoms in total. The molecule has 0 amide bonds. The van der Waals surface area contributed by atoms with E-state index >= 15 is 0 Å². The zero-order chi connectivity index (χ0) is 24.5. The van der Waals surface area contributed by atoms with Crippen LogP contribution in [-0.4, -0.2) is 25.5 Å². The lowest BCUT2D eigenvalue weighted by Gasteiger charge is -2.10. The second-order valence-electron chi connectivity index (χ2n) is 8.13. The Kier molecular flexibility index (Phi) is 6.00. The van der Waals surface area contributed by atoms with Gasteiger partial charge in [0.15, 0.2) is 11.5 Å². The molecule has 0 saturated heterocycles. The summed E-state index contributed by atoms with van der Waals surface area (Å²) in [5.41, 5.74) is 6.17. The van der Waals surface area contributed by atoms with E-state index in [9.17, 15) is 14.0 Å². The van der Waals surface area contributed by atoms with E-state index in [0.29, 0.717) is 22.7 Å². The maximum atomic E-state index is 13.4. The average Bonchev–Trinajstić information content (AvgIpc) is 3.70. The van der Waals surface area contributed by atoms with Crippen LogP contribution >= 0.6 is 11.6 Å². The Labute approximate surface area is 204 Å². The van der Waals surface area contributed by atoms with Crippen molar-refractivity contribution in [3.63, 3.8) is 0 Å². The summed E-state index contributed by atoms with van der Waals surface area (Å²) in [4.78, 5) is 34.6. The third-order valence-electron chi connectivity index (χ3n) is 5.50. The molecular weight excluding hydrogens is 473 g/mol. The number of ketones is 1. The van der Waals surface area contributed by atoms with Crippen LogP contribution in [-0.2, 0) is 6.42 Å². The van der Waals surface area contributed by atoms with Crippen molar-refractivity contribution in [2.24, 2.45) is 0 Å². The number of nitrogen functional groups attached to an aromatic ring is 1. The Hall–Kier alpha value is -4.11. The van der Waals surface area contributed by atoms with E-state index in [2.05, 4.69) is 15.1 Å². The summed E-state index contributed by atoms with van der Waals surface area (Å²) in [5, 5.41) is 4.68. The topological polar surface area (TPSA) is 113 Å². The Morgan fingerprint density at radius 3 is 2.54 bits per heavy atom. The van der Waals surface area contributed by atoms with Crippen molar-refractivity contribution in [2.45, 2.75) is 25.3 Å². The molecule has 2 aromatic heterocycles. The Morgan fingerprint density at radius 2 is 1.86 bits per heavy atom. The van der Waals surface area contributed by atoms with Crippen LogP contribution < -0.4 is 15.9 Å². The predicted octanol–water partition coefficient (Wildman–Crippen LogP) is 4.63. The SMILES string of the molecule is Nc1cccc(Oc2cnc(CC(=O)c3cn(C4CC4)nc(-c4ccc(F)cc4)c3=O)nc2)c1Cl. The van der Waals surface area contributed by atoms with Gasteiger partial charge in [0.2, 0.25) is 5.43 Å².